The van der Waals surface area contributed by atoms with Crippen LogP contribution in [0, 0.1) is 21.7 Å². The molecule has 1 aliphatic heterocycles. The maximum absolute atomic E-state index is 7.12. The summed E-state index contributed by atoms with van der Waals surface area (Å²) in [5.41, 5.74) is 0.485. The van der Waals surface area contributed by atoms with Crippen molar-refractivity contribution in [3.63, 3.8) is 0 Å². The summed E-state index contributed by atoms with van der Waals surface area (Å²) >= 11 is 0. The second-order valence-electron chi connectivity index (χ2n) is 10.4. The molecule has 0 aromatic heterocycles. The highest BCUT2D eigenvalue weighted by molar-refractivity contribution is 5.34. The number of hydrogen-bond donors (Lipinski definition) is 0. The van der Waals surface area contributed by atoms with Gasteiger partial charge in [0.2, 0.25) is 0 Å². The van der Waals surface area contributed by atoms with Gasteiger partial charge in [-0.05, 0) is 47.3 Å². The molecule has 1 aliphatic rings. The molecule has 1 rings (SSSR count). The van der Waals surface area contributed by atoms with Crippen LogP contribution >= 0.6 is 0 Å². The van der Waals surface area contributed by atoms with Gasteiger partial charge in [0.1, 0.15) is 11.2 Å². The maximum atomic E-state index is 7.12. The van der Waals surface area contributed by atoms with Gasteiger partial charge in [-0.25, -0.2) is 0 Å². The van der Waals surface area contributed by atoms with Gasteiger partial charge in [-0.1, -0.05) is 83.1 Å². The van der Waals surface area contributed by atoms with E-state index in [-0.39, 0.29) is 32.9 Å². The van der Waals surface area contributed by atoms with E-state index in [1.54, 1.807) is 0 Å². The molecule has 0 bridgehead atoms. The van der Waals surface area contributed by atoms with Crippen molar-refractivity contribution in [2.75, 3.05) is 0 Å². The highest BCUT2D eigenvalue weighted by Gasteiger charge is 2.86. The first-order valence-electron chi connectivity index (χ1n) is 9.90. The van der Waals surface area contributed by atoms with Gasteiger partial charge in [-0.3, -0.25) is 0 Å². The minimum Gasteiger partial charge on any atom is -0.360 e. The van der Waals surface area contributed by atoms with Crippen molar-refractivity contribution in [3.05, 3.63) is 0 Å². The number of epoxide rings is 1. The smallest absolute Gasteiger partial charge is 0.109 e. The summed E-state index contributed by atoms with van der Waals surface area (Å²) < 4.78 is 7.12. The predicted molar refractivity (Wildman–Crippen MR) is 103 cm³/mol. The molecular weight excluding hydrogens is 280 g/mol. The molecule has 23 heavy (non-hydrogen) atoms. The maximum Gasteiger partial charge on any atom is 0.109 e. The van der Waals surface area contributed by atoms with Gasteiger partial charge in [-0.2, -0.15) is 0 Å². The molecule has 1 heterocycles. The van der Waals surface area contributed by atoms with E-state index in [1.807, 2.05) is 0 Å². The van der Waals surface area contributed by atoms with Crippen molar-refractivity contribution >= 4 is 0 Å². The highest BCUT2D eigenvalue weighted by Crippen LogP contribution is 2.79. The second-order valence-corrected chi connectivity index (χ2v) is 10.4. The lowest BCUT2D eigenvalue weighted by atomic mass is 9.47. The normalized spacial score (nSPS) is 21.4. The third kappa shape index (κ3) is 2.35. The van der Waals surface area contributed by atoms with Gasteiger partial charge in [0, 0.05) is 0 Å². The molecule has 1 fully saturated rings. The number of ether oxygens (including phenoxy) is 1. The van der Waals surface area contributed by atoms with E-state index < -0.39 is 0 Å². The average molecular weight is 325 g/mol. The van der Waals surface area contributed by atoms with Crippen LogP contribution in [0.25, 0.3) is 0 Å². The fourth-order valence-electron chi connectivity index (χ4n) is 5.49. The molecule has 0 saturated carbocycles. The van der Waals surface area contributed by atoms with Crippen molar-refractivity contribution in [1.29, 1.82) is 0 Å². The molecule has 0 aromatic carbocycles. The summed E-state index contributed by atoms with van der Waals surface area (Å²) in [6.45, 7) is 28.8. The van der Waals surface area contributed by atoms with E-state index in [9.17, 15) is 0 Å². The molecule has 0 unspecified atom stereocenters. The van der Waals surface area contributed by atoms with Crippen LogP contribution in [0.1, 0.15) is 109 Å². The van der Waals surface area contributed by atoms with Crippen molar-refractivity contribution in [2.45, 2.75) is 120 Å². The lowest BCUT2D eigenvalue weighted by Gasteiger charge is -2.52. The van der Waals surface area contributed by atoms with Gasteiger partial charge >= 0.3 is 0 Å². The second kappa shape index (κ2) is 5.75. The fraction of sp³-hybridized carbons (Fsp3) is 1.00. The van der Waals surface area contributed by atoms with E-state index in [0.29, 0.717) is 0 Å². The minimum atomic E-state index is -0.0739. The fourth-order valence-corrected chi connectivity index (χ4v) is 5.49. The topological polar surface area (TPSA) is 12.5 Å². The van der Waals surface area contributed by atoms with E-state index >= 15 is 0 Å². The largest absolute Gasteiger partial charge is 0.360 e. The molecule has 0 aromatic rings. The van der Waals surface area contributed by atoms with Crippen LogP contribution in [0.15, 0.2) is 0 Å². The number of rotatable bonds is 8. The van der Waals surface area contributed by atoms with Gasteiger partial charge in [0.25, 0.3) is 0 Å². The Balaban J connectivity index is 3.76. The molecule has 0 amide bonds. The van der Waals surface area contributed by atoms with E-state index in [4.69, 9.17) is 4.74 Å². The first-order valence-corrected chi connectivity index (χ1v) is 9.90. The Hall–Kier alpha value is -0.0400. The molecule has 1 saturated heterocycles. The summed E-state index contributed by atoms with van der Waals surface area (Å²) in [6, 6.07) is 0. The summed E-state index contributed by atoms with van der Waals surface area (Å²) in [4.78, 5) is 0. The Morgan fingerprint density at radius 3 is 0.783 bits per heavy atom. The molecular formula is C22H44O. The zero-order chi connectivity index (χ0) is 18.5. The van der Waals surface area contributed by atoms with Crippen LogP contribution in [0.4, 0.5) is 0 Å². The molecule has 138 valence electrons. The van der Waals surface area contributed by atoms with E-state index in [0.717, 1.165) is 25.7 Å². The SMILES string of the molecule is CCC(C)(C)C1(C(C)(C)CC)OC1(C(C)(C)CC)C(C)(C)CC. The van der Waals surface area contributed by atoms with Gasteiger partial charge < -0.3 is 4.74 Å². The van der Waals surface area contributed by atoms with Crippen molar-refractivity contribution in [1.82, 2.24) is 0 Å². The molecule has 1 nitrogen and oxygen atoms in total. The van der Waals surface area contributed by atoms with Crippen molar-refractivity contribution < 1.29 is 4.74 Å². The van der Waals surface area contributed by atoms with Gasteiger partial charge in [0.15, 0.2) is 0 Å². The Bertz CT molecular complexity index is 353. The molecule has 1 heteroatoms. The van der Waals surface area contributed by atoms with E-state index in [2.05, 4.69) is 83.1 Å². The summed E-state index contributed by atoms with van der Waals surface area (Å²) in [5.74, 6) is 0. The van der Waals surface area contributed by atoms with E-state index in [1.165, 1.54) is 0 Å². The Morgan fingerprint density at radius 2 is 0.652 bits per heavy atom. The van der Waals surface area contributed by atoms with Crippen LogP contribution in [-0.4, -0.2) is 11.2 Å². The highest BCUT2D eigenvalue weighted by atomic mass is 16.6. The summed E-state index contributed by atoms with van der Waals surface area (Å²) in [5, 5.41) is 0. The zero-order valence-corrected chi connectivity index (χ0v) is 18.2. The molecule has 0 aliphatic carbocycles. The van der Waals surface area contributed by atoms with Crippen molar-refractivity contribution in [3.8, 4) is 0 Å². The quantitative estimate of drug-likeness (QED) is 0.429. The zero-order valence-electron chi connectivity index (χ0n) is 18.2. The Labute approximate surface area is 147 Å². The number of hydrogen-bond acceptors (Lipinski definition) is 1. The third-order valence-electron chi connectivity index (χ3n) is 8.11. The van der Waals surface area contributed by atoms with Crippen molar-refractivity contribution in [2.24, 2.45) is 21.7 Å². The van der Waals surface area contributed by atoms with Crippen LogP contribution < -0.4 is 0 Å². The van der Waals surface area contributed by atoms with Crippen LogP contribution in [0.3, 0.4) is 0 Å². The van der Waals surface area contributed by atoms with Crippen LogP contribution in [0.5, 0.6) is 0 Å². The Morgan fingerprint density at radius 1 is 0.478 bits per heavy atom. The van der Waals surface area contributed by atoms with Crippen LogP contribution in [0.2, 0.25) is 0 Å². The molecule has 0 N–H and O–H groups in total. The first kappa shape index (κ1) is 21.0. The first-order chi connectivity index (χ1) is 10.2. The van der Waals surface area contributed by atoms with Gasteiger partial charge in [-0.15, -0.1) is 0 Å². The monoisotopic (exact) mass is 324 g/mol. The standard InChI is InChI=1S/C22H44O/c1-13-17(5,6)21(18(7,8)14-2)22(23-21,19(9,10)15-3)20(11,12)16-4/h13-16H2,1-12H3. The summed E-state index contributed by atoms with van der Waals surface area (Å²) in [7, 11) is 0. The molecule has 0 atom stereocenters. The molecule has 0 spiro atoms. The average Bonchev–Trinajstić information content (AvgIpc) is 3.22. The Kier molecular flexibility index (Phi) is 5.25. The molecule has 0 radical (unpaired) electrons. The lowest BCUT2D eigenvalue weighted by molar-refractivity contribution is 0.00294. The summed E-state index contributed by atoms with van der Waals surface area (Å²) in [6.07, 6.45) is 4.60. The third-order valence-corrected chi connectivity index (χ3v) is 8.11. The minimum absolute atomic E-state index is 0.0739. The predicted octanol–water partition coefficient (Wildman–Crippen LogP) is 7.24. The van der Waals surface area contributed by atoms with Crippen LogP contribution in [-0.2, 0) is 4.74 Å². The lowest BCUT2D eigenvalue weighted by Crippen LogP contribution is -2.59. The van der Waals surface area contributed by atoms with Gasteiger partial charge in [0.05, 0.1) is 0 Å².